The molecule has 0 aliphatic carbocycles. The van der Waals surface area contributed by atoms with E-state index in [0.717, 1.165) is 17.6 Å². The maximum Gasteiger partial charge on any atom is 0.254 e. The zero-order valence-corrected chi connectivity index (χ0v) is 15.0. The second-order valence-electron chi connectivity index (χ2n) is 5.63. The normalized spacial score (nSPS) is 12.5. The number of amides is 1. The summed E-state index contributed by atoms with van der Waals surface area (Å²) in [6.45, 7) is 1.92. The first-order valence-electron chi connectivity index (χ1n) is 7.46. The van der Waals surface area contributed by atoms with Crippen LogP contribution in [0.4, 0.5) is 0 Å². The van der Waals surface area contributed by atoms with E-state index in [1.54, 1.807) is 19.1 Å². The number of rotatable bonds is 5. The fraction of sp³-hybridized carbons (Fsp3) is 0.278. The van der Waals surface area contributed by atoms with Crippen LogP contribution < -0.4 is 4.74 Å². The van der Waals surface area contributed by atoms with Crippen molar-refractivity contribution in [3.05, 3.63) is 59.7 Å². The molecule has 1 amide bonds. The van der Waals surface area contributed by atoms with Gasteiger partial charge in [0, 0.05) is 24.4 Å². The molecule has 0 N–H and O–H groups in total. The molecule has 0 aromatic heterocycles. The molecular formula is C18H21NO4S. The van der Waals surface area contributed by atoms with Gasteiger partial charge in [-0.25, -0.2) is 8.42 Å². The molecule has 6 heteroatoms. The zero-order chi connectivity index (χ0) is 17.9. The van der Waals surface area contributed by atoms with E-state index < -0.39 is 9.84 Å². The third-order valence-electron chi connectivity index (χ3n) is 4.02. The van der Waals surface area contributed by atoms with Gasteiger partial charge in [0.25, 0.3) is 5.91 Å². The number of hydrogen-bond acceptors (Lipinski definition) is 4. The molecule has 0 bridgehead atoms. The van der Waals surface area contributed by atoms with Crippen LogP contribution in [0.15, 0.2) is 53.4 Å². The minimum Gasteiger partial charge on any atom is -0.496 e. The minimum atomic E-state index is -3.28. The number of methoxy groups -OCH3 is 1. The first-order chi connectivity index (χ1) is 11.3. The molecule has 0 spiro atoms. The highest BCUT2D eigenvalue weighted by Crippen LogP contribution is 2.29. The van der Waals surface area contributed by atoms with Crippen LogP contribution in [-0.2, 0) is 9.84 Å². The fourth-order valence-corrected chi connectivity index (χ4v) is 3.07. The van der Waals surface area contributed by atoms with Gasteiger partial charge in [0.1, 0.15) is 5.75 Å². The van der Waals surface area contributed by atoms with Gasteiger partial charge >= 0.3 is 0 Å². The second kappa shape index (κ2) is 7.05. The number of sulfone groups is 1. The highest BCUT2D eigenvalue weighted by Gasteiger charge is 2.21. The van der Waals surface area contributed by atoms with E-state index in [-0.39, 0.29) is 16.8 Å². The predicted molar refractivity (Wildman–Crippen MR) is 93.1 cm³/mol. The molecule has 0 saturated heterocycles. The molecular weight excluding hydrogens is 326 g/mol. The number of para-hydroxylation sites is 1. The molecule has 0 aliphatic heterocycles. The molecule has 0 fully saturated rings. The van der Waals surface area contributed by atoms with Gasteiger partial charge in [-0.05, 0) is 37.3 Å². The standard InChI is InChI=1S/C18H21NO4S/c1-13(16-7-5-6-8-17(16)23-3)19(2)18(20)14-9-11-15(12-10-14)24(4,21)22/h5-13H,1-4H3. The Morgan fingerprint density at radius 3 is 2.21 bits per heavy atom. The van der Waals surface area contributed by atoms with Gasteiger partial charge < -0.3 is 9.64 Å². The van der Waals surface area contributed by atoms with E-state index in [2.05, 4.69) is 0 Å². The largest absolute Gasteiger partial charge is 0.496 e. The van der Waals surface area contributed by atoms with Crippen molar-refractivity contribution in [1.82, 2.24) is 4.90 Å². The summed E-state index contributed by atoms with van der Waals surface area (Å²) in [5.74, 6) is 0.533. The second-order valence-corrected chi connectivity index (χ2v) is 7.65. The highest BCUT2D eigenvalue weighted by atomic mass is 32.2. The third-order valence-corrected chi connectivity index (χ3v) is 5.15. The van der Waals surface area contributed by atoms with E-state index in [1.165, 1.54) is 24.3 Å². The van der Waals surface area contributed by atoms with Gasteiger partial charge in [-0.15, -0.1) is 0 Å². The number of carbonyl (C=O) groups is 1. The van der Waals surface area contributed by atoms with E-state index in [0.29, 0.717) is 5.56 Å². The lowest BCUT2D eigenvalue weighted by molar-refractivity contribution is 0.0741. The van der Waals surface area contributed by atoms with Gasteiger partial charge in [-0.3, -0.25) is 4.79 Å². The van der Waals surface area contributed by atoms with Crippen molar-refractivity contribution >= 4 is 15.7 Å². The summed E-state index contributed by atoms with van der Waals surface area (Å²) in [5.41, 5.74) is 1.34. The molecule has 2 aromatic rings. The monoisotopic (exact) mass is 347 g/mol. The van der Waals surface area contributed by atoms with Crippen LogP contribution in [0.3, 0.4) is 0 Å². The Labute approximate surface area is 142 Å². The number of nitrogens with zero attached hydrogens (tertiary/aromatic N) is 1. The summed E-state index contributed by atoms with van der Waals surface area (Å²) in [7, 11) is 0.0315. The summed E-state index contributed by atoms with van der Waals surface area (Å²) in [6, 6.07) is 13.3. The van der Waals surface area contributed by atoms with Crippen molar-refractivity contribution in [1.29, 1.82) is 0 Å². The van der Waals surface area contributed by atoms with Crippen molar-refractivity contribution in [3.8, 4) is 5.75 Å². The topological polar surface area (TPSA) is 63.7 Å². The van der Waals surface area contributed by atoms with Gasteiger partial charge in [0.2, 0.25) is 0 Å². The molecule has 0 radical (unpaired) electrons. The van der Waals surface area contributed by atoms with Crippen LogP contribution in [0, 0.1) is 0 Å². The predicted octanol–water partition coefficient (Wildman–Crippen LogP) is 2.93. The molecule has 1 unspecified atom stereocenters. The van der Waals surface area contributed by atoms with E-state index in [1.807, 2.05) is 31.2 Å². The first kappa shape index (κ1) is 18.0. The Bertz CT molecular complexity index is 828. The minimum absolute atomic E-state index is 0.187. The molecule has 0 aliphatic rings. The molecule has 5 nitrogen and oxygen atoms in total. The maximum absolute atomic E-state index is 12.7. The third kappa shape index (κ3) is 3.76. The van der Waals surface area contributed by atoms with E-state index in [9.17, 15) is 13.2 Å². The summed E-state index contributed by atoms with van der Waals surface area (Å²) < 4.78 is 28.4. The Morgan fingerprint density at radius 2 is 1.67 bits per heavy atom. The molecule has 2 rings (SSSR count). The van der Waals surface area contributed by atoms with Crippen LogP contribution in [0.1, 0.15) is 28.9 Å². The van der Waals surface area contributed by atoms with Gasteiger partial charge in [-0.1, -0.05) is 18.2 Å². The van der Waals surface area contributed by atoms with Crippen molar-refractivity contribution in [2.24, 2.45) is 0 Å². The molecule has 24 heavy (non-hydrogen) atoms. The van der Waals surface area contributed by atoms with Crippen molar-refractivity contribution < 1.29 is 17.9 Å². The zero-order valence-electron chi connectivity index (χ0n) is 14.2. The lowest BCUT2D eigenvalue weighted by atomic mass is 10.0. The first-order valence-corrected chi connectivity index (χ1v) is 9.35. The molecule has 0 heterocycles. The van der Waals surface area contributed by atoms with E-state index >= 15 is 0 Å². The van der Waals surface area contributed by atoms with Crippen LogP contribution in [0.2, 0.25) is 0 Å². The van der Waals surface area contributed by atoms with Crippen LogP contribution in [-0.4, -0.2) is 39.6 Å². The molecule has 0 saturated carbocycles. The van der Waals surface area contributed by atoms with Crippen molar-refractivity contribution in [3.63, 3.8) is 0 Å². The summed E-state index contributed by atoms with van der Waals surface area (Å²) in [5, 5.41) is 0. The molecule has 1 atom stereocenters. The fourth-order valence-electron chi connectivity index (χ4n) is 2.44. The quantitative estimate of drug-likeness (QED) is 0.834. The maximum atomic E-state index is 12.7. The van der Waals surface area contributed by atoms with E-state index in [4.69, 9.17) is 4.74 Å². The molecule has 128 valence electrons. The highest BCUT2D eigenvalue weighted by molar-refractivity contribution is 7.90. The molecule has 2 aromatic carbocycles. The average molecular weight is 347 g/mol. The lowest BCUT2D eigenvalue weighted by Gasteiger charge is -2.26. The van der Waals surface area contributed by atoms with Gasteiger partial charge in [-0.2, -0.15) is 0 Å². The van der Waals surface area contributed by atoms with Crippen LogP contribution in [0.5, 0.6) is 5.75 Å². The summed E-state index contributed by atoms with van der Waals surface area (Å²) >= 11 is 0. The number of carbonyl (C=O) groups excluding carboxylic acids is 1. The Hall–Kier alpha value is -2.34. The number of hydrogen-bond donors (Lipinski definition) is 0. The lowest BCUT2D eigenvalue weighted by Crippen LogP contribution is -2.29. The van der Waals surface area contributed by atoms with Crippen LogP contribution in [0.25, 0.3) is 0 Å². The number of benzene rings is 2. The smallest absolute Gasteiger partial charge is 0.254 e. The average Bonchev–Trinajstić information content (AvgIpc) is 2.59. The summed E-state index contributed by atoms with van der Waals surface area (Å²) in [6.07, 6.45) is 1.14. The van der Waals surface area contributed by atoms with Crippen LogP contribution >= 0.6 is 0 Å². The Morgan fingerprint density at radius 1 is 1.08 bits per heavy atom. The Kier molecular flexibility index (Phi) is 5.29. The summed E-state index contributed by atoms with van der Waals surface area (Å²) in [4.78, 5) is 14.5. The van der Waals surface area contributed by atoms with Gasteiger partial charge in [0.15, 0.2) is 9.84 Å². The number of ether oxygens (including phenoxy) is 1. The van der Waals surface area contributed by atoms with Crippen molar-refractivity contribution in [2.75, 3.05) is 20.4 Å². The van der Waals surface area contributed by atoms with Crippen molar-refractivity contribution in [2.45, 2.75) is 17.9 Å². The SMILES string of the molecule is COc1ccccc1C(C)N(C)C(=O)c1ccc(S(C)(=O)=O)cc1. The van der Waals surface area contributed by atoms with Gasteiger partial charge in [0.05, 0.1) is 18.0 Å². The Balaban J connectivity index is 2.25.